The Bertz CT molecular complexity index is 1070. The fraction of sp³-hybridized carbons (Fsp3) is 0.105. The lowest BCUT2D eigenvalue weighted by molar-refractivity contribution is 0.626. The number of nitrogen functional groups attached to an aromatic ring is 1. The summed E-state index contributed by atoms with van der Waals surface area (Å²) in [6.45, 7) is 1.99. The van der Waals surface area contributed by atoms with Crippen molar-refractivity contribution >= 4 is 30.0 Å². The summed E-state index contributed by atoms with van der Waals surface area (Å²) in [6, 6.07) is 8.12. The molecule has 4 rings (SSSR count). The molecule has 0 saturated carbocycles. The lowest BCUT2D eigenvalue weighted by Crippen LogP contribution is -2.11. The van der Waals surface area contributed by atoms with Gasteiger partial charge in [-0.1, -0.05) is 19.1 Å². The van der Waals surface area contributed by atoms with E-state index in [2.05, 4.69) is 35.5 Å². The van der Waals surface area contributed by atoms with Gasteiger partial charge in [0.1, 0.15) is 17.5 Å². The van der Waals surface area contributed by atoms with Gasteiger partial charge in [0.15, 0.2) is 0 Å². The molecule has 148 valence electrons. The van der Waals surface area contributed by atoms with E-state index in [-0.39, 0.29) is 30.1 Å². The first-order valence-corrected chi connectivity index (χ1v) is 8.57. The average molecular weight is 413 g/mol. The van der Waals surface area contributed by atoms with Crippen LogP contribution in [0.4, 0.5) is 22.0 Å². The van der Waals surface area contributed by atoms with Crippen molar-refractivity contribution in [3.63, 3.8) is 0 Å². The predicted octanol–water partition coefficient (Wildman–Crippen LogP) is 3.70. The van der Waals surface area contributed by atoms with E-state index in [1.807, 2.05) is 6.92 Å². The molecule has 0 aliphatic rings. The second-order valence-corrected chi connectivity index (χ2v) is 6.15. The van der Waals surface area contributed by atoms with Gasteiger partial charge in [0.25, 0.3) is 0 Å². The zero-order chi connectivity index (χ0) is 19.5. The summed E-state index contributed by atoms with van der Waals surface area (Å²) in [4.78, 5) is 17.1. The smallest absolute Gasteiger partial charge is 0.222 e. The van der Waals surface area contributed by atoms with Gasteiger partial charge in [-0.2, -0.15) is 10.1 Å². The van der Waals surface area contributed by atoms with Crippen molar-refractivity contribution in [2.45, 2.75) is 12.8 Å². The fourth-order valence-corrected chi connectivity index (χ4v) is 2.99. The highest BCUT2D eigenvalue weighted by Crippen LogP contribution is 2.37. The summed E-state index contributed by atoms with van der Waals surface area (Å²) in [5.41, 5.74) is 8.94. The molecule has 0 spiro atoms. The largest absolute Gasteiger partial charge is 0.368 e. The minimum absolute atomic E-state index is 0. The summed E-state index contributed by atoms with van der Waals surface area (Å²) < 4.78 is 13.4. The van der Waals surface area contributed by atoms with Crippen LogP contribution < -0.4 is 11.1 Å². The van der Waals surface area contributed by atoms with Crippen LogP contribution in [0, 0.1) is 5.82 Å². The van der Waals surface area contributed by atoms with Gasteiger partial charge in [0.05, 0.1) is 17.6 Å². The number of hydrogen-bond donors (Lipinski definition) is 3. The van der Waals surface area contributed by atoms with E-state index >= 15 is 0 Å². The van der Waals surface area contributed by atoms with Crippen molar-refractivity contribution in [2.24, 2.45) is 0 Å². The topological polar surface area (TPSA) is 118 Å². The minimum Gasteiger partial charge on any atom is -0.368 e. The standard InChI is InChI=1S/C19H17FN8.ClH/c1-11(12-2-4-13(20)5-3-12)16-17(14-6-7-24-28-14)26-19(21)27-18(16)25-15-10-22-8-9-23-15;/h2-11H,1H3,(H,24,28)(H3,21,23,25,26,27);1H. The van der Waals surface area contributed by atoms with Gasteiger partial charge in [-0.05, 0) is 23.8 Å². The lowest BCUT2D eigenvalue weighted by atomic mass is 9.91. The molecule has 1 atom stereocenters. The van der Waals surface area contributed by atoms with Crippen molar-refractivity contribution in [2.75, 3.05) is 11.1 Å². The molecule has 0 bridgehead atoms. The predicted molar refractivity (Wildman–Crippen MR) is 111 cm³/mol. The molecular weight excluding hydrogens is 395 g/mol. The Balaban J connectivity index is 0.00000240. The monoisotopic (exact) mass is 412 g/mol. The number of rotatable bonds is 5. The molecule has 10 heteroatoms. The van der Waals surface area contributed by atoms with Crippen LogP contribution in [0.5, 0.6) is 0 Å². The lowest BCUT2D eigenvalue weighted by Gasteiger charge is -2.20. The summed E-state index contributed by atoms with van der Waals surface area (Å²) in [5.74, 6) is 0.652. The van der Waals surface area contributed by atoms with Crippen LogP contribution >= 0.6 is 12.4 Å². The van der Waals surface area contributed by atoms with Crippen molar-refractivity contribution in [1.82, 2.24) is 30.1 Å². The number of aromatic nitrogens is 6. The van der Waals surface area contributed by atoms with Crippen LogP contribution in [-0.2, 0) is 0 Å². The summed E-state index contributed by atoms with van der Waals surface area (Å²) in [6.07, 6.45) is 6.37. The van der Waals surface area contributed by atoms with Crippen LogP contribution in [0.2, 0.25) is 0 Å². The maximum atomic E-state index is 13.4. The van der Waals surface area contributed by atoms with Crippen LogP contribution in [0.1, 0.15) is 24.0 Å². The minimum atomic E-state index is -0.295. The Hall–Kier alpha value is -3.59. The van der Waals surface area contributed by atoms with E-state index in [1.54, 1.807) is 43.0 Å². The van der Waals surface area contributed by atoms with Crippen molar-refractivity contribution in [1.29, 1.82) is 0 Å². The summed E-state index contributed by atoms with van der Waals surface area (Å²) >= 11 is 0. The van der Waals surface area contributed by atoms with Crippen molar-refractivity contribution < 1.29 is 4.39 Å². The fourth-order valence-electron chi connectivity index (χ4n) is 2.99. The van der Waals surface area contributed by atoms with Gasteiger partial charge >= 0.3 is 0 Å². The second kappa shape index (κ2) is 8.61. The number of aromatic amines is 1. The van der Waals surface area contributed by atoms with Gasteiger partial charge in [-0.25, -0.2) is 14.4 Å². The maximum Gasteiger partial charge on any atom is 0.222 e. The molecule has 1 unspecified atom stereocenters. The highest BCUT2D eigenvalue weighted by molar-refractivity contribution is 5.85. The second-order valence-electron chi connectivity index (χ2n) is 6.15. The Kier molecular flexibility index (Phi) is 5.99. The van der Waals surface area contributed by atoms with E-state index in [0.29, 0.717) is 23.0 Å². The summed E-state index contributed by atoms with van der Waals surface area (Å²) in [7, 11) is 0. The zero-order valence-electron chi connectivity index (χ0n) is 15.4. The third-order valence-corrected chi connectivity index (χ3v) is 4.33. The molecule has 0 saturated heterocycles. The van der Waals surface area contributed by atoms with Crippen molar-refractivity contribution in [3.8, 4) is 11.4 Å². The molecule has 8 nitrogen and oxygen atoms in total. The summed E-state index contributed by atoms with van der Waals surface area (Å²) in [5, 5.41) is 10.1. The van der Waals surface area contributed by atoms with Crippen LogP contribution in [-0.4, -0.2) is 30.1 Å². The number of halogens is 2. The SMILES string of the molecule is CC(c1ccc(F)cc1)c1c(Nc2cnccn2)nc(N)nc1-c1ccn[nH]1.Cl. The average Bonchev–Trinajstić information content (AvgIpc) is 3.23. The number of nitrogens with two attached hydrogens (primary N) is 1. The first kappa shape index (κ1) is 20.2. The quantitative estimate of drug-likeness (QED) is 0.457. The number of hydrogen-bond acceptors (Lipinski definition) is 7. The molecule has 0 radical (unpaired) electrons. The zero-order valence-corrected chi connectivity index (χ0v) is 16.2. The van der Waals surface area contributed by atoms with Crippen LogP contribution in [0.3, 0.4) is 0 Å². The molecule has 0 aliphatic carbocycles. The molecule has 4 aromatic rings. The van der Waals surface area contributed by atoms with Crippen LogP contribution in [0.25, 0.3) is 11.4 Å². The number of benzene rings is 1. The Morgan fingerprint density at radius 1 is 1.07 bits per heavy atom. The maximum absolute atomic E-state index is 13.4. The van der Waals surface area contributed by atoms with Gasteiger partial charge < -0.3 is 11.1 Å². The Labute approximate surface area is 172 Å². The van der Waals surface area contributed by atoms with Crippen molar-refractivity contribution in [3.05, 3.63) is 72.1 Å². The molecule has 29 heavy (non-hydrogen) atoms. The van der Waals surface area contributed by atoms with E-state index in [0.717, 1.165) is 11.1 Å². The van der Waals surface area contributed by atoms with E-state index in [1.165, 1.54) is 12.1 Å². The molecule has 4 N–H and O–H groups in total. The van der Waals surface area contributed by atoms with Gasteiger partial charge in [-0.15, -0.1) is 12.4 Å². The molecule has 0 fully saturated rings. The van der Waals surface area contributed by atoms with Gasteiger partial charge in [-0.3, -0.25) is 10.1 Å². The molecular formula is C19H18ClFN8. The highest BCUT2D eigenvalue weighted by atomic mass is 35.5. The first-order chi connectivity index (χ1) is 13.6. The third-order valence-electron chi connectivity index (χ3n) is 4.33. The van der Waals surface area contributed by atoms with E-state index in [9.17, 15) is 4.39 Å². The molecule has 3 aromatic heterocycles. The first-order valence-electron chi connectivity index (χ1n) is 8.57. The molecule has 0 aliphatic heterocycles. The Morgan fingerprint density at radius 3 is 2.52 bits per heavy atom. The number of H-pyrrole nitrogens is 1. The number of nitrogens with one attached hydrogen (secondary N) is 2. The number of nitrogens with zero attached hydrogens (tertiary/aromatic N) is 5. The van der Waals surface area contributed by atoms with E-state index in [4.69, 9.17) is 5.73 Å². The molecule has 0 amide bonds. The highest BCUT2D eigenvalue weighted by Gasteiger charge is 2.23. The Morgan fingerprint density at radius 2 is 1.86 bits per heavy atom. The molecule has 3 heterocycles. The number of anilines is 3. The normalized spacial score (nSPS) is 11.5. The van der Waals surface area contributed by atoms with Gasteiger partial charge in [0.2, 0.25) is 5.95 Å². The van der Waals surface area contributed by atoms with E-state index < -0.39 is 0 Å². The third kappa shape index (κ3) is 4.30. The van der Waals surface area contributed by atoms with Gasteiger partial charge in [0, 0.05) is 30.1 Å². The molecule has 1 aromatic carbocycles. The van der Waals surface area contributed by atoms with Crippen LogP contribution in [0.15, 0.2) is 55.1 Å².